The number of nitrogens with one attached hydrogen (secondary N) is 2. The number of methoxy groups -OCH3 is 1. The summed E-state index contributed by atoms with van der Waals surface area (Å²) in [6.07, 6.45) is 1.55. The molecule has 0 saturated heterocycles. The summed E-state index contributed by atoms with van der Waals surface area (Å²) < 4.78 is 12.2. The molecule has 0 spiro atoms. The first kappa shape index (κ1) is 28.7. The van der Waals surface area contributed by atoms with Gasteiger partial charge in [-0.05, 0) is 83.5 Å². The Morgan fingerprint density at radius 2 is 1.78 bits per heavy atom. The standard InChI is InChI=1S/C27H26Cl2IN3O4/c1-16-4-5-17(2)23(10-16)32-25(34)8-9-26(35)33-31-14-18-11-22(30)27(24(12-18)36-3)37-15-19-6-7-20(28)13-21(19)29/h4-7,10-14H,8-9,15H2,1-3H3,(H,32,34)(H,33,35). The summed E-state index contributed by atoms with van der Waals surface area (Å²) in [6, 6.07) is 14.6. The van der Waals surface area contributed by atoms with Crippen LogP contribution in [0.3, 0.4) is 0 Å². The third-order valence-corrected chi connectivity index (χ3v) is 6.68. The first-order valence-electron chi connectivity index (χ1n) is 11.3. The molecule has 0 unspecified atom stereocenters. The topological polar surface area (TPSA) is 89.0 Å². The first-order chi connectivity index (χ1) is 17.7. The fourth-order valence-corrected chi connectivity index (χ4v) is 4.53. The Hall–Kier alpha value is -2.82. The zero-order valence-electron chi connectivity index (χ0n) is 20.5. The Balaban J connectivity index is 1.54. The maximum atomic E-state index is 12.2. The average molecular weight is 654 g/mol. The molecule has 2 amide bonds. The number of carbonyl (C=O) groups excluding carboxylic acids is 2. The number of nitrogens with zero attached hydrogens (tertiary/aromatic N) is 1. The van der Waals surface area contributed by atoms with Crippen molar-refractivity contribution in [2.75, 3.05) is 12.4 Å². The zero-order chi connectivity index (χ0) is 26.9. The van der Waals surface area contributed by atoms with E-state index in [4.69, 9.17) is 32.7 Å². The zero-order valence-corrected chi connectivity index (χ0v) is 24.2. The molecule has 0 aliphatic rings. The molecule has 0 heterocycles. The quantitative estimate of drug-likeness (QED) is 0.145. The van der Waals surface area contributed by atoms with Crippen molar-refractivity contribution >= 4 is 69.5 Å². The van der Waals surface area contributed by atoms with Crippen LogP contribution in [-0.2, 0) is 16.2 Å². The van der Waals surface area contributed by atoms with Crippen LogP contribution >= 0.6 is 45.8 Å². The lowest BCUT2D eigenvalue weighted by Crippen LogP contribution is -2.21. The van der Waals surface area contributed by atoms with Crippen LogP contribution in [0.15, 0.2) is 53.6 Å². The molecule has 0 aliphatic heterocycles. The number of hydrogen-bond acceptors (Lipinski definition) is 5. The molecule has 10 heteroatoms. The van der Waals surface area contributed by atoms with Gasteiger partial charge in [0, 0.05) is 34.1 Å². The molecule has 0 saturated carbocycles. The van der Waals surface area contributed by atoms with Gasteiger partial charge in [-0.2, -0.15) is 5.10 Å². The van der Waals surface area contributed by atoms with Crippen LogP contribution in [-0.4, -0.2) is 25.1 Å². The smallest absolute Gasteiger partial charge is 0.240 e. The molecule has 2 N–H and O–H groups in total. The summed E-state index contributed by atoms with van der Waals surface area (Å²) in [7, 11) is 1.54. The van der Waals surface area contributed by atoms with Crippen LogP contribution in [0, 0.1) is 17.4 Å². The highest BCUT2D eigenvalue weighted by Crippen LogP contribution is 2.35. The van der Waals surface area contributed by atoms with Crippen molar-refractivity contribution in [3.05, 3.63) is 84.4 Å². The summed E-state index contributed by atoms with van der Waals surface area (Å²) in [5, 5.41) is 7.91. The molecule has 7 nitrogen and oxygen atoms in total. The Bertz CT molecular complexity index is 1330. The molecule has 0 radical (unpaired) electrons. The summed E-state index contributed by atoms with van der Waals surface area (Å²) in [6.45, 7) is 4.11. The van der Waals surface area contributed by atoms with E-state index < -0.39 is 0 Å². The van der Waals surface area contributed by atoms with Crippen LogP contribution in [0.1, 0.15) is 35.1 Å². The van der Waals surface area contributed by atoms with Gasteiger partial charge in [-0.15, -0.1) is 0 Å². The van der Waals surface area contributed by atoms with Crippen molar-refractivity contribution in [3.8, 4) is 11.5 Å². The van der Waals surface area contributed by atoms with Gasteiger partial charge >= 0.3 is 0 Å². The summed E-state index contributed by atoms with van der Waals surface area (Å²) >= 11 is 14.3. The molecule has 0 aromatic heterocycles. The van der Waals surface area contributed by atoms with E-state index in [-0.39, 0.29) is 31.3 Å². The molecule has 3 aromatic rings. The average Bonchev–Trinajstić information content (AvgIpc) is 2.85. The molecule has 0 atom stereocenters. The van der Waals surface area contributed by atoms with Crippen molar-refractivity contribution in [2.45, 2.75) is 33.3 Å². The second kappa shape index (κ2) is 13.6. The fourth-order valence-electron chi connectivity index (χ4n) is 3.29. The summed E-state index contributed by atoms with van der Waals surface area (Å²) in [4.78, 5) is 24.4. The molecule has 0 bridgehead atoms. The monoisotopic (exact) mass is 653 g/mol. The van der Waals surface area contributed by atoms with Gasteiger partial charge in [-0.1, -0.05) is 41.4 Å². The van der Waals surface area contributed by atoms with E-state index in [1.165, 1.54) is 6.21 Å². The molecule has 37 heavy (non-hydrogen) atoms. The molecular formula is C27H26Cl2IN3O4. The minimum atomic E-state index is -0.367. The molecule has 3 rings (SSSR count). The summed E-state index contributed by atoms with van der Waals surface area (Å²) in [5.41, 5.74) is 6.70. The molecule has 3 aromatic carbocycles. The maximum absolute atomic E-state index is 12.2. The first-order valence-corrected chi connectivity index (χ1v) is 13.1. The van der Waals surface area contributed by atoms with Gasteiger partial charge in [-0.3, -0.25) is 9.59 Å². The SMILES string of the molecule is COc1cc(C=NNC(=O)CCC(=O)Nc2cc(C)ccc2C)cc(I)c1OCc1ccc(Cl)cc1Cl. The largest absolute Gasteiger partial charge is 0.493 e. The Labute approximate surface area is 239 Å². The number of rotatable bonds is 10. The summed E-state index contributed by atoms with van der Waals surface area (Å²) in [5.74, 6) is 0.467. The predicted octanol–water partition coefficient (Wildman–Crippen LogP) is 6.67. The highest BCUT2D eigenvalue weighted by molar-refractivity contribution is 14.1. The van der Waals surface area contributed by atoms with Crippen LogP contribution in [0.5, 0.6) is 11.5 Å². The van der Waals surface area contributed by atoms with Gasteiger partial charge in [0.15, 0.2) is 11.5 Å². The van der Waals surface area contributed by atoms with Gasteiger partial charge in [0.05, 0.1) is 16.9 Å². The molecular weight excluding hydrogens is 628 g/mol. The minimum absolute atomic E-state index is 0.00886. The highest BCUT2D eigenvalue weighted by atomic mass is 127. The lowest BCUT2D eigenvalue weighted by atomic mass is 10.1. The number of ether oxygens (including phenoxy) is 2. The van der Waals surface area contributed by atoms with Crippen LogP contribution < -0.4 is 20.2 Å². The van der Waals surface area contributed by atoms with Crippen LogP contribution in [0.4, 0.5) is 5.69 Å². The van der Waals surface area contributed by atoms with Crippen LogP contribution in [0.2, 0.25) is 10.0 Å². The van der Waals surface area contributed by atoms with Crippen molar-refractivity contribution in [3.63, 3.8) is 0 Å². The third kappa shape index (κ3) is 8.62. The highest BCUT2D eigenvalue weighted by Gasteiger charge is 2.13. The van der Waals surface area contributed by atoms with Crippen molar-refractivity contribution in [2.24, 2.45) is 5.10 Å². The van der Waals surface area contributed by atoms with E-state index in [0.29, 0.717) is 27.1 Å². The van der Waals surface area contributed by atoms with Gasteiger partial charge in [-0.25, -0.2) is 5.43 Å². The maximum Gasteiger partial charge on any atom is 0.240 e. The van der Waals surface area contributed by atoms with Gasteiger partial charge < -0.3 is 14.8 Å². The molecule has 0 aliphatic carbocycles. The van der Waals surface area contributed by atoms with Crippen molar-refractivity contribution in [1.82, 2.24) is 5.43 Å². The number of benzene rings is 3. The molecule has 194 valence electrons. The van der Waals surface area contributed by atoms with Crippen molar-refractivity contribution in [1.29, 1.82) is 0 Å². The van der Waals surface area contributed by atoms with E-state index >= 15 is 0 Å². The van der Waals surface area contributed by atoms with E-state index in [1.807, 2.05) is 38.1 Å². The van der Waals surface area contributed by atoms with Crippen LogP contribution in [0.25, 0.3) is 0 Å². The number of hydrazone groups is 1. The van der Waals surface area contributed by atoms with E-state index in [0.717, 1.165) is 25.9 Å². The fraction of sp³-hybridized carbons (Fsp3) is 0.222. The van der Waals surface area contributed by atoms with E-state index in [9.17, 15) is 9.59 Å². The normalized spacial score (nSPS) is 10.9. The Kier molecular flexibility index (Phi) is 10.6. The number of halogens is 3. The van der Waals surface area contributed by atoms with Gasteiger partial charge in [0.1, 0.15) is 6.61 Å². The number of hydrogen-bond donors (Lipinski definition) is 2. The predicted molar refractivity (Wildman–Crippen MR) is 156 cm³/mol. The van der Waals surface area contributed by atoms with Crippen molar-refractivity contribution < 1.29 is 19.1 Å². The van der Waals surface area contributed by atoms with E-state index in [2.05, 4.69) is 38.4 Å². The van der Waals surface area contributed by atoms with Gasteiger partial charge in [0.2, 0.25) is 11.8 Å². The molecule has 0 fully saturated rings. The number of amides is 2. The Morgan fingerprint density at radius 3 is 2.51 bits per heavy atom. The number of aryl methyl sites for hydroxylation is 2. The van der Waals surface area contributed by atoms with Gasteiger partial charge in [0.25, 0.3) is 0 Å². The lowest BCUT2D eigenvalue weighted by molar-refractivity contribution is -0.124. The Morgan fingerprint density at radius 1 is 1.03 bits per heavy atom. The van der Waals surface area contributed by atoms with E-state index in [1.54, 1.807) is 31.4 Å². The third-order valence-electron chi connectivity index (χ3n) is 5.29. The number of anilines is 1. The minimum Gasteiger partial charge on any atom is -0.493 e. The second-order valence-corrected chi connectivity index (χ2v) is 10.2. The second-order valence-electron chi connectivity index (χ2n) is 8.22. The number of carbonyl (C=O) groups is 2. The lowest BCUT2D eigenvalue weighted by Gasteiger charge is -2.14.